The van der Waals surface area contributed by atoms with E-state index in [1.165, 1.54) is 4.31 Å². The van der Waals surface area contributed by atoms with Crippen LogP contribution in [0.25, 0.3) is 0 Å². The summed E-state index contributed by atoms with van der Waals surface area (Å²) in [6.45, 7) is 8.01. The molecular formula is C13H21NO4S2. The van der Waals surface area contributed by atoms with E-state index in [9.17, 15) is 13.5 Å². The predicted octanol–water partition coefficient (Wildman–Crippen LogP) is 1.90. The summed E-state index contributed by atoms with van der Waals surface area (Å²) in [5.74, 6) is 1.59. The van der Waals surface area contributed by atoms with Crippen LogP contribution in [0.1, 0.15) is 30.9 Å². The Kier molecular flexibility index (Phi) is 4.26. The first-order valence-corrected chi connectivity index (χ1v) is 8.95. The molecule has 2 heterocycles. The van der Waals surface area contributed by atoms with Crippen LogP contribution in [-0.4, -0.2) is 41.4 Å². The summed E-state index contributed by atoms with van der Waals surface area (Å²) in [6, 6.07) is 0. The van der Waals surface area contributed by atoms with Crippen molar-refractivity contribution >= 4 is 21.8 Å². The third kappa shape index (κ3) is 2.77. The van der Waals surface area contributed by atoms with Gasteiger partial charge >= 0.3 is 0 Å². The van der Waals surface area contributed by atoms with E-state index in [0.717, 1.165) is 5.75 Å². The molecule has 1 saturated heterocycles. The van der Waals surface area contributed by atoms with Crippen LogP contribution in [0.5, 0.6) is 0 Å². The smallest absolute Gasteiger partial charge is 0.246 e. The summed E-state index contributed by atoms with van der Waals surface area (Å²) in [7, 11) is -3.62. The summed E-state index contributed by atoms with van der Waals surface area (Å²) < 4.78 is 32.5. The van der Waals surface area contributed by atoms with Gasteiger partial charge in [0.2, 0.25) is 10.0 Å². The third-order valence-corrected chi connectivity index (χ3v) is 6.81. The number of sulfonamides is 1. The normalized spacial score (nSPS) is 20.2. The monoisotopic (exact) mass is 319 g/mol. The number of thioether (sulfide) groups is 1. The Bertz CT molecular complexity index is 604. The maximum absolute atomic E-state index is 12.8. The first-order chi connectivity index (χ1) is 9.19. The van der Waals surface area contributed by atoms with Gasteiger partial charge in [-0.1, -0.05) is 0 Å². The van der Waals surface area contributed by atoms with Crippen molar-refractivity contribution in [2.24, 2.45) is 0 Å². The largest absolute Gasteiger partial charge is 0.465 e. The molecule has 1 aromatic rings. The summed E-state index contributed by atoms with van der Waals surface area (Å²) in [4.78, 5) is 0.139. The van der Waals surface area contributed by atoms with Crippen LogP contribution in [0.3, 0.4) is 0 Å². The number of aliphatic hydroxyl groups is 1. The molecule has 0 atom stereocenters. The average Bonchev–Trinajstić information content (AvgIpc) is 2.62. The number of rotatable bonds is 3. The van der Waals surface area contributed by atoms with Gasteiger partial charge in [-0.05, 0) is 27.7 Å². The fourth-order valence-electron chi connectivity index (χ4n) is 2.54. The molecule has 0 radical (unpaired) electrons. The van der Waals surface area contributed by atoms with Crippen molar-refractivity contribution in [1.29, 1.82) is 0 Å². The second-order valence-corrected chi connectivity index (χ2v) is 9.30. The third-order valence-electron chi connectivity index (χ3n) is 3.47. The van der Waals surface area contributed by atoms with Crippen LogP contribution in [0.15, 0.2) is 9.31 Å². The maximum Gasteiger partial charge on any atom is 0.246 e. The Hall–Kier alpha value is -0.500. The van der Waals surface area contributed by atoms with E-state index in [1.54, 1.807) is 25.6 Å². The van der Waals surface area contributed by atoms with Crippen molar-refractivity contribution in [1.82, 2.24) is 4.31 Å². The standard InChI is InChI=1S/C13H21NO4S2/c1-9-11(7-15)12(10(2)18-9)20(16,17)14-5-6-19-13(3,4)8-14/h15H,5-8H2,1-4H3. The molecule has 1 fully saturated rings. The van der Waals surface area contributed by atoms with Gasteiger partial charge < -0.3 is 9.52 Å². The molecule has 114 valence electrons. The SMILES string of the molecule is Cc1oc(C)c(S(=O)(=O)N2CCSC(C)(C)C2)c1CO. The van der Waals surface area contributed by atoms with Crippen molar-refractivity contribution in [2.45, 2.75) is 43.9 Å². The molecule has 0 unspecified atom stereocenters. The van der Waals surface area contributed by atoms with Gasteiger partial charge in [0, 0.05) is 29.2 Å². The van der Waals surface area contributed by atoms with Crippen molar-refractivity contribution in [3.63, 3.8) is 0 Å². The molecule has 0 aliphatic carbocycles. The summed E-state index contributed by atoms with van der Waals surface area (Å²) in [6.07, 6.45) is 0. The van der Waals surface area contributed by atoms with Crippen molar-refractivity contribution in [3.8, 4) is 0 Å². The topological polar surface area (TPSA) is 70.8 Å². The highest BCUT2D eigenvalue weighted by Gasteiger charge is 2.38. The van der Waals surface area contributed by atoms with Crippen LogP contribution in [0, 0.1) is 13.8 Å². The molecule has 1 aromatic heterocycles. The van der Waals surface area contributed by atoms with Crippen molar-refractivity contribution < 1.29 is 17.9 Å². The van der Waals surface area contributed by atoms with Crippen LogP contribution in [-0.2, 0) is 16.6 Å². The number of aryl methyl sites for hydroxylation is 2. The Morgan fingerprint density at radius 1 is 1.35 bits per heavy atom. The van der Waals surface area contributed by atoms with E-state index in [0.29, 0.717) is 30.2 Å². The molecule has 0 saturated carbocycles. The Labute approximate surface area is 124 Å². The minimum absolute atomic E-state index is 0.0998. The molecule has 7 heteroatoms. The summed E-state index contributed by atoms with van der Waals surface area (Å²) in [5, 5.41) is 9.43. The highest BCUT2D eigenvalue weighted by Crippen LogP contribution is 2.35. The highest BCUT2D eigenvalue weighted by molar-refractivity contribution is 8.00. The Morgan fingerprint density at radius 2 is 2.00 bits per heavy atom. The number of aliphatic hydroxyl groups excluding tert-OH is 1. The van der Waals surface area contributed by atoms with Gasteiger partial charge in [0.15, 0.2) is 0 Å². The van der Waals surface area contributed by atoms with Crippen molar-refractivity contribution in [3.05, 3.63) is 17.1 Å². The van der Waals surface area contributed by atoms with Crippen LogP contribution >= 0.6 is 11.8 Å². The molecular weight excluding hydrogens is 298 g/mol. The zero-order chi connectivity index (χ0) is 15.1. The van der Waals surface area contributed by atoms with Gasteiger partial charge in [0.1, 0.15) is 16.4 Å². The van der Waals surface area contributed by atoms with Gasteiger partial charge in [-0.3, -0.25) is 0 Å². The Balaban J connectivity index is 2.45. The molecule has 0 bridgehead atoms. The minimum Gasteiger partial charge on any atom is -0.465 e. The average molecular weight is 319 g/mol. The number of hydrogen-bond acceptors (Lipinski definition) is 5. The Morgan fingerprint density at radius 3 is 2.55 bits per heavy atom. The number of furan rings is 1. The van der Waals surface area contributed by atoms with E-state index in [-0.39, 0.29) is 16.2 Å². The molecule has 2 rings (SSSR count). The summed E-state index contributed by atoms with van der Waals surface area (Å²) in [5.41, 5.74) is 0.374. The van der Waals surface area contributed by atoms with E-state index in [2.05, 4.69) is 0 Å². The van der Waals surface area contributed by atoms with Gasteiger partial charge in [-0.25, -0.2) is 8.42 Å². The molecule has 0 aromatic carbocycles. The fraction of sp³-hybridized carbons (Fsp3) is 0.692. The molecule has 0 spiro atoms. The van der Waals surface area contributed by atoms with Crippen LogP contribution < -0.4 is 0 Å². The van der Waals surface area contributed by atoms with E-state index in [4.69, 9.17) is 4.42 Å². The maximum atomic E-state index is 12.8. The lowest BCUT2D eigenvalue weighted by molar-refractivity contribution is 0.276. The van der Waals surface area contributed by atoms with Gasteiger partial charge in [0.05, 0.1) is 6.61 Å². The number of hydrogen-bond donors (Lipinski definition) is 1. The molecule has 5 nitrogen and oxygen atoms in total. The molecule has 1 aliphatic rings. The zero-order valence-electron chi connectivity index (χ0n) is 12.3. The van der Waals surface area contributed by atoms with E-state index in [1.807, 2.05) is 13.8 Å². The summed E-state index contributed by atoms with van der Waals surface area (Å²) >= 11 is 1.78. The molecule has 20 heavy (non-hydrogen) atoms. The molecule has 1 aliphatic heterocycles. The second kappa shape index (κ2) is 5.36. The van der Waals surface area contributed by atoms with Crippen LogP contribution in [0.4, 0.5) is 0 Å². The zero-order valence-corrected chi connectivity index (χ0v) is 13.9. The number of nitrogens with zero attached hydrogens (tertiary/aromatic N) is 1. The first-order valence-electron chi connectivity index (χ1n) is 6.53. The lowest BCUT2D eigenvalue weighted by Crippen LogP contribution is -2.46. The minimum atomic E-state index is -3.62. The predicted molar refractivity (Wildman–Crippen MR) is 79.4 cm³/mol. The fourth-order valence-corrected chi connectivity index (χ4v) is 5.85. The lowest BCUT2D eigenvalue weighted by Gasteiger charge is -2.36. The van der Waals surface area contributed by atoms with E-state index >= 15 is 0 Å². The van der Waals surface area contributed by atoms with Gasteiger partial charge in [-0.2, -0.15) is 16.1 Å². The quantitative estimate of drug-likeness (QED) is 0.921. The van der Waals surface area contributed by atoms with Crippen molar-refractivity contribution in [2.75, 3.05) is 18.8 Å². The van der Waals surface area contributed by atoms with Gasteiger partial charge in [0.25, 0.3) is 0 Å². The van der Waals surface area contributed by atoms with Crippen LogP contribution in [0.2, 0.25) is 0 Å². The molecule has 0 amide bonds. The first kappa shape index (κ1) is 15.9. The highest BCUT2D eigenvalue weighted by atomic mass is 32.2. The lowest BCUT2D eigenvalue weighted by atomic mass is 10.2. The van der Waals surface area contributed by atoms with E-state index < -0.39 is 10.0 Å². The second-order valence-electron chi connectivity index (χ2n) is 5.63. The van der Waals surface area contributed by atoms with Gasteiger partial charge in [-0.15, -0.1) is 0 Å². The molecule has 1 N–H and O–H groups in total.